The number of esters is 1. The Bertz CT molecular complexity index is 622. The van der Waals surface area contributed by atoms with E-state index >= 15 is 0 Å². The molecule has 0 spiro atoms. The molecule has 1 aromatic carbocycles. The van der Waals surface area contributed by atoms with Gasteiger partial charge in [0, 0.05) is 13.5 Å². The molecule has 6 heteroatoms. The quantitative estimate of drug-likeness (QED) is 0.760. The van der Waals surface area contributed by atoms with Gasteiger partial charge in [-0.1, -0.05) is 12.1 Å². The molecule has 0 unspecified atom stereocenters. The highest BCUT2D eigenvalue weighted by Crippen LogP contribution is 2.12. The summed E-state index contributed by atoms with van der Waals surface area (Å²) in [6.45, 7) is 4.54. The number of benzene rings is 1. The molecule has 1 aromatic heterocycles. The Hall–Kier alpha value is -2.37. The molecule has 0 saturated heterocycles. The van der Waals surface area contributed by atoms with Gasteiger partial charge in [0.2, 0.25) is 0 Å². The van der Waals surface area contributed by atoms with E-state index in [0.29, 0.717) is 25.5 Å². The van der Waals surface area contributed by atoms with Gasteiger partial charge >= 0.3 is 5.97 Å². The van der Waals surface area contributed by atoms with Gasteiger partial charge in [-0.25, -0.2) is 9.78 Å². The highest BCUT2D eigenvalue weighted by Gasteiger charge is 2.15. The molecule has 0 atom stereocenters. The summed E-state index contributed by atoms with van der Waals surface area (Å²) < 4.78 is 12.1. The SMILES string of the molecule is CCOC(=O)c1nc(CCOc2cccc(C)c2)n(C)n1. The van der Waals surface area contributed by atoms with Gasteiger partial charge in [-0.05, 0) is 31.5 Å². The molecule has 21 heavy (non-hydrogen) atoms. The summed E-state index contributed by atoms with van der Waals surface area (Å²) in [5.41, 5.74) is 1.15. The third-order valence-corrected chi connectivity index (χ3v) is 2.90. The van der Waals surface area contributed by atoms with Crippen molar-refractivity contribution < 1.29 is 14.3 Å². The second kappa shape index (κ2) is 6.88. The first kappa shape index (κ1) is 15.0. The van der Waals surface area contributed by atoms with Crippen LogP contribution in [0, 0.1) is 6.92 Å². The highest BCUT2D eigenvalue weighted by molar-refractivity contribution is 5.84. The number of carbonyl (C=O) groups excluding carboxylic acids is 1. The number of nitrogens with zero attached hydrogens (tertiary/aromatic N) is 3. The van der Waals surface area contributed by atoms with Crippen molar-refractivity contribution in [2.24, 2.45) is 7.05 Å². The molecule has 0 radical (unpaired) electrons. The lowest BCUT2D eigenvalue weighted by atomic mass is 10.2. The summed E-state index contributed by atoms with van der Waals surface area (Å²) in [5.74, 6) is 1.09. The minimum Gasteiger partial charge on any atom is -0.493 e. The van der Waals surface area contributed by atoms with Gasteiger partial charge in [0.25, 0.3) is 5.82 Å². The standard InChI is InChI=1S/C15H19N3O3/c1-4-20-15(19)14-16-13(18(3)17-14)8-9-21-12-7-5-6-11(2)10-12/h5-7,10H,4,8-9H2,1-3H3. The lowest BCUT2D eigenvalue weighted by Crippen LogP contribution is -2.07. The lowest BCUT2D eigenvalue weighted by molar-refractivity contribution is 0.0511. The average Bonchev–Trinajstić information content (AvgIpc) is 2.81. The maximum Gasteiger partial charge on any atom is 0.378 e. The Kier molecular flexibility index (Phi) is 4.92. The van der Waals surface area contributed by atoms with Gasteiger partial charge < -0.3 is 9.47 Å². The van der Waals surface area contributed by atoms with E-state index in [-0.39, 0.29) is 5.82 Å². The van der Waals surface area contributed by atoms with Crippen LogP contribution in [0.25, 0.3) is 0 Å². The van der Waals surface area contributed by atoms with Crippen LogP contribution in [-0.2, 0) is 18.2 Å². The molecular formula is C15H19N3O3. The van der Waals surface area contributed by atoms with E-state index in [2.05, 4.69) is 10.1 Å². The van der Waals surface area contributed by atoms with Crippen molar-refractivity contribution in [3.05, 3.63) is 41.5 Å². The minimum atomic E-state index is -0.501. The second-order valence-corrected chi connectivity index (χ2v) is 4.61. The van der Waals surface area contributed by atoms with Crippen LogP contribution >= 0.6 is 0 Å². The molecule has 112 valence electrons. The van der Waals surface area contributed by atoms with E-state index < -0.39 is 5.97 Å². The van der Waals surface area contributed by atoms with Crippen LogP contribution in [0.5, 0.6) is 5.75 Å². The molecule has 0 amide bonds. The van der Waals surface area contributed by atoms with Gasteiger partial charge in [0.05, 0.1) is 13.2 Å². The summed E-state index contributed by atoms with van der Waals surface area (Å²) in [7, 11) is 1.75. The first-order chi connectivity index (χ1) is 10.1. The largest absolute Gasteiger partial charge is 0.493 e. The fourth-order valence-electron chi connectivity index (χ4n) is 1.88. The average molecular weight is 289 g/mol. The van der Waals surface area contributed by atoms with Crippen LogP contribution in [0.2, 0.25) is 0 Å². The monoisotopic (exact) mass is 289 g/mol. The van der Waals surface area contributed by atoms with Gasteiger partial charge in [0.15, 0.2) is 0 Å². The Morgan fingerprint density at radius 3 is 2.90 bits per heavy atom. The van der Waals surface area contributed by atoms with Gasteiger partial charge in [-0.15, -0.1) is 5.10 Å². The Labute approximate surface area is 123 Å². The predicted molar refractivity (Wildman–Crippen MR) is 77.3 cm³/mol. The molecule has 6 nitrogen and oxygen atoms in total. The van der Waals surface area contributed by atoms with Crippen molar-refractivity contribution in [2.45, 2.75) is 20.3 Å². The van der Waals surface area contributed by atoms with E-state index in [0.717, 1.165) is 11.3 Å². The second-order valence-electron chi connectivity index (χ2n) is 4.61. The smallest absolute Gasteiger partial charge is 0.378 e. The Morgan fingerprint density at radius 1 is 1.38 bits per heavy atom. The van der Waals surface area contributed by atoms with Crippen molar-refractivity contribution in [3.63, 3.8) is 0 Å². The van der Waals surface area contributed by atoms with Crippen LogP contribution in [0.4, 0.5) is 0 Å². The molecule has 1 heterocycles. The van der Waals surface area contributed by atoms with Crippen molar-refractivity contribution in [1.29, 1.82) is 0 Å². The molecule has 2 rings (SSSR count). The predicted octanol–water partition coefficient (Wildman–Crippen LogP) is 1.92. The Balaban J connectivity index is 1.93. The molecular weight excluding hydrogens is 270 g/mol. The number of hydrogen-bond acceptors (Lipinski definition) is 5. The number of hydrogen-bond donors (Lipinski definition) is 0. The highest BCUT2D eigenvalue weighted by atomic mass is 16.5. The van der Waals surface area contributed by atoms with Crippen LogP contribution in [0.1, 0.15) is 28.9 Å². The van der Waals surface area contributed by atoms with Crippen molar-refractivity contribution in [3.8, 4) is 5.75 Å². The molecule has 0 aliphatic rings. The van der Waals surface area contributed by atoms with Crippen LogP contribution < -0.4 is 4.74 Å². The topological polar surface area (TPSA) is 66.2 Å². The fraction of sp³-hybridized carbons (Fsp3) is 0.400. The molecule has 0 N–H and O–H groups in total. The number of rotatable bonds is 6. The third-order valence-electron chi connectivity index (χ3n) is 2.90. The number of ether oxygens (including phenoxy) is 2. The number of carbonyl (C=O) groups is 1. The first-order valence-corrected chi connectivity index (χ1v) is 6.86. The van der Waals surface area contributed by atoms with E-state index in [4.69, 9.17) is 9.47 Å². The van der Waals surface area contributed by atoms with Crippen LogP contribution in [-0.4, -0.2) is 33.9 Å². The zero-order chi connectivity index (χ0) is 15.2. The zero-order valence-corrected chi connectivity index (χ0v) is 12.5. The molecule has 0 saturated carbocycles. The summed E-state index contributed by atoms with van der Waals surface area (Å²) in [4.78, 5) is 15.7. The van der Waals surface area contributed by atoms with Gasteiger partial charge in [0.1, 0.15) is 11.6 Å². The molecule has 0 bridgehead atoms. The first-order valence-electron chi connectivity index (χ1n) is 6.86. The number of aromatic nitrogens is 3. The summed E-state index contributed by atoms with van der Waals surface area (Å²) >= 11 is 0. The fourth-order valence-corrected chi connectivity index (χ4v) is 1.88. The summed E-state index contributed by atoms with van der Waals surface area (Å²) in [6, 6.07) is 7.85. The van der Waals surface area contributed by atoms with E-state index in [9.17, 15) is 4.79 Å². The van der Waals surface area contributed by atoms with Crippen molar-refractivity contribution in [1.82, 2.24) is 14.8 Å². The van der Waals surface area contributed by atoms with E-state index in [1.807, 2.05) is 31.2 Å². The third kappa shape index (κ3) is 4.05. The summed E-state index contributed by atoms with van der Waals surface area (Å²) in [5, 5.41) is 4.04. The molecule has 0 fully saturated rings. The molecule has 0 aliphatic heterocycles. The normalized spacial score (nSPS) is 10.4. The molecule has 2 aromatic rings. The zero-order valence-electron chi connectivity index (χ0n) is 12.5. The van der Waals surface area contributed by atoms with E-state index in [1.54, 1.807) is 18.7 Å². The molecule has 0 aliphatic carbocycles. The van der Waals surface area contributed by atoms with Gasteiger partial charge in [-0.2, -0.15) is 0 Å². The van der Waals surface area contributed by atoms with Crippen LogP contribution in [0.3, 0.4) is 0 Å². The maximum absolute atomic E-state index is 11.6. The van der Waals surface area contributed by atoms with Gasteiger partial charge in [-0.3, -0.25) is 4.68 Å². The Morgan fingerprint density at radius 2 is 2.19 bits per heavy atom. The number of aryl methyl sites for hydroxylation is 2. The van der Waals surface area contributed by atoms with Crippen LogP contribution in [0.15, 0.2) is 24.3 Å². The lowest BCUT2D eigenvalue weighted by Gasteiger charge is -2.06. The minimum absolute atomic E-state index is 0.0879. The summed E-state index contributed by atoms with van der Waals surface area (Å²) in [6.07, 6.45) is 0.566. The maximum atomic E-state index is 11.6. The van der Waals surface area contributed by atoms with Crippen molar-refractivity contribution >= 4 is 5.97 Å². The van der Waals surface area contributed by atoms with Crippen molar-refractivity contribution in [2.75, 3.05) is 13.2 Å². The van der Waals surface area contributed by atoms with E-state index in [1.165, 1.54) is 0 Å².